The van der Waals surface area contributed by atoms with Crippen LogP contribution in [-0.2, 0) is 46.4 Å². The summed E-state index contributed by atoms with van der Waals surface area (Å²) in [6.45, 7) is 12.8. The summed E-state index contributed by atoms with van der Waals surface area (Å²) in [6, 6.07) is 15.8. The summed E-state index contributed by atoms with van der Waals surface area (Å²) in [5, 5.41) is 14.8. The Bertz CT molecular complexity index is 1680. The molecule has 1 saturated carbocycles. The monoisotopic (exact) mass is 760 g/mol. The molecule has 2 aromatic rings. The highest BCUT2D eigenvalue weighted by Crippen LogP contribution is 2.36. The maximum atomic E-state index is 13.0. The number of alkyl carbamates (subject to hydrolysis) is 1. The standard InChI is InChI=1S/C37H48N10O8/c1-6-18-49-30-26(42-36(48)55-37(3,4)5)20-27(43-46-39)31(34(30)50-19-7-2)54-35-29(44-47-40)33(52-23-25-16-12-9-13-17-25)32(28(53-35)21-41-45-38)51-22-24-14-10-8-11-15-24/h6-17,26-35H,1-2,18-23H2,3-5H3,(H,42,48)/t26-,27?,28?,29?,30?,31?,32-,33-,34-,35-/m1/s1. The van der Waals surface area contributed by atoms with Gasteiger partial charge in [0.15, 0.2) is 6.29 Å². The van der Waals surface area contributed by atoms with Crippen LogP contribution in [0.5, 0.6) is 0 Å². The molecule has 0 aromatic heterocycles. The van der Waals surface area contributed by atoms with E-state index in [2.05, 4.69) is 48.6 Å². The van der Waals surface area contributed by atoms with E-state index in [4.69, 9.17) is 33.2 Å². The van der Waals surface area contributed by atoms with Gasteiger partial charge in [-0.1, -0.05) is 88.2 Å². The van der Waals surface area contributed by atoms with E-state index in [9.17, 15) is 21.4 Å². The normalized spacial score (nSPS) is 27.6. The van der Waals surface area contributed by atoms with Crippen molar-refractivity contribution in [2.75, 3.05) is 19.8 Å². The van der Waals surface area contributed by atoms with Crippen LogP contribution >= 0.6 is 0 Å². The fourth-order valence-electron chi connectivity index (χ4n) is 6.40. The summed E-state index contributed by atoms with van der Waals surface area (Å²) in [5.41, 5.74) is 29.8. The molecule has 1 heterocycles. The van der Waals surface area contributed by atoms with Crippen LogP contribution < -0.4 is 5.32 Å². The highest BCUT2D eigenvalue weighted by Gasteiger charge is 2.53. The second-order valence-electron chi connectivity index (χ2n) is 13.7. The first-order valence-corrected chi connectivity index (χ1v) is 17.8. The molecule has 1 N–H and O–H groups in total. The molecule has 18 heteroatoms. The first-order valence-electron chi connectivity index (χ1n) is 17.8. The van der Waals surface area contributed by atoms with Gasteiger partial charge in [-0.3, -0.25) is 0 Å². The fraction of sp³-hybridized carbons (Fsp3) is 0.541. The van der Waals surface area contributed by atoms with Crippen LogP contribution in [0.2, 0.25) is 0 Å². The van der Waals surface area contributed by atoms with E-state index in [0.29, 0.717) is 0 Å². The minimum Gasteiger partial charge on any atom is -0.444 e. The van der Waals surface area contributed by atoms with Gasteiger partial charge in [-0.15, -0.1) is 13.2 Å². The van der Waals surface area contributed by atoms with Crippen LogP contribution in [0, 0.1) is 0 Å². The molecule has 1 amide bonds. The fourth-order valence-corrected chi connectivity index (χ4v) is 6.40. The Morgan fingerprint density at radius 3 is 1.95 bits per heavy atom. The third kappa shape index (κ3) is 12.7. The third-order valence-corrected chi connectivity index (χ3v) is 8.62. The second kappa shape index (κ2) is 21.7. The Hall–Kier alpha value is -5.12. The number of amides is 1. The van der Waals surface area contributed by atoms with Gasteiger partial charge in [0.2, 0.25) is 0 Å². The molecule has 2 aliphatic rings. The molecule has 4 rings (SSSR count). The van der Waals surface area contributed by atoms with Gasteiger partial charge in [0.25, 0.3) is 0 Å². The molecule has 5 unspecified atom stereocenters. The van der Waals surface area contributed by atoms with Gasteiger partial charge >= 0.3 is 6.09 Å². The zero-order chi connectivity index (χ0) is 39.6. The van der Waals surface area contributed by atoms with Crippen molar-refractivity contribution >= 4 is 6.09 Å². The molecule has 0 bridgehead atoms. The first-order chi connectivity index (χ1) is 26.6. The lowest BCUT2D eigenvalue weighted by atomic mass is 9.83. The number of carbonyl (C=O) groups excluding carboxylic acids is 1. The van der Waals surface area contributed by atoms with E-state index < -0.39 is 72.7 Å². The highest BCUT2D eigenvalue weighted by atomic mass is 16.7. The Labute approximate surface area is 319 Å². The predicted molar refractivity (Wildman–Crippen MR) is 201 cm³/mol. The molecule has 2 fully saturated rings. The van der Waals surface area contributed by atoms with Gasteiger partial charge in [-0.05, 0) is 54.9 Å². The van der Waals surface area contributed by atoms with Crippen molar-refractivity contribution in [2.24, 2.45) is 15.3 Å². The molecule has 1 saturated heterocycles. The minimum absolute atomic E-state index is 0.0175. The van der Waals surface area contributed by atoms with Crippen molar-refractivity contribution in [2.45, 2.75) is 107 Å². The van der Waals surface area contributed by atoms with Crippen molar-refractivity contribution in [1.29, 1.82) is 0 Å². The topological polar surface area (TPSA) is 240 Å². The smallest absolute Gasteiger partial charge is 0.407 e. The molecule has 10 atom stereocenters. The number of ether oxygens (including phenoxy) is 7. The summed E-state index contributed by atoms with van der Waals surface area (Å²) in [6.07, 6.45) is -4.91. The van der Waals surface area contributed by atoms with E-state index in [-0.39, 0.29) is 39.4 Å². The average Bonchev–Trinajstić information content (AvgIpc) is 3.16. The number of nitrogens with zero attached hydrogens (tertiary/aromatic N) is 9. The molecule has 1 aliphatic carbocycles. The highest BCUT2D eigenvalue weighted by molar-refractivity contribution is 5.68. The molecule has 0 radical (unpaired) electrons. The first kappa shape index (κ1) is 42.6. The number of hydrogen-bond donors (Lipinski definition) is 1. The van der Waals surface area contributed by atoms with Crippen LogP contribution in [0.4, 0.5) is 4.79 Å². The molecule has 55 heavy (non-hydrogen) atoms. The van der Waals surface area contributed by atoms with Gasteiger partial charge < -0.3 is 38.5 Å². The maximum absolute atomic E-state index is 13.0. The summed E-state index contributed by atoms with van der Waals surface area (Å²) in [5.74, 6) is 0. The van der Waals surface area contributed by atoms with Crippen LogP contribution in [0.25, 0.3) is 31.3 Å². The van der Waals surface area contributed by atoms with Gasteiger partial charge in [-0.25, -0.2) is 4.79 Å². The Morgan fingerprint density at radius 1 is 0.818 bits per heavy atom. The van der Waals surface area contributed by atoms with E-state index in [1.807, 2.05) is 60.7 Å². The number of carbonyl (C=O) groups is 1. The van der Waals surface area contributed by atoms with Gasteiger partial charge in [0.05, 0.1) is 57.3 Å². The maximum Gasteiger partial charge on any atom is 0.407 e. The van der Waals surface area contributed by atoms with Crippen molar-refractivity contribution in [3.8, 4) is 0 Å². The largest absolute Gasteiger partial charge is 0.444 e. The number of benzene rings is 2. The lowest BCUT2D eigenvalue weighted by Crippen LogP contribution is -2.66. The lowest BCUT2D eigenvalue weighted by Gasteiger charge is -2.49. The number of rotatable bonds is 19. The zero-order valence-corrected chi connectivity index (χ0v) is 31.1. The SMILES string of the molecule is C=CCOC1[C@@H](OCC=C)C(O[C@H]2OC(CN=[N+]=[N-])[C@@H](OCc3ccccc3)[C@H](OCc3ccccc3)C2N=[N+]=[N-])C(N=[N+]=[N-])C[C@H]1NC(=O)OC(C)(C)C. The Kier molecular flexibility index (Phi) is 16.8. The van der Waals surface area contributed by atoms with E-state index >= 15 is 0 Å². The minimum atomic E-state index is -1.38. The molecule has 0 spiro atoms. The van der Waals surface area contributed by atoms with E-state index in [1.54, 1.807) is 20.8 Å². The van der Waals surface area contributed by atoms with E-state index in [0.717, 1.165) is 11.1 Å². The summed E-state index contributed by atoms with van der Waals surface area (Å²) in [7, 11) is 0. The van der Waals surface area contributed by atoms with Crippen LogP contribution in [0.1, 0.15) is 38.3 Å². The number of azide groups is 3. The van der Waals surface area contributed by atoms with Crippen molar-refractivity contribution in [3.63, 3.8) is 0 Å². The van der Waals surface area contributed by atoms with Crippen molar-refractivity contribution in [3.05, 3.63) is 128 Å². The molecule has 294 valence electrons. The van der Waals surface area contributed by atoms with Gasteiger partial charge in [0, 0.05) is 14.7 Å². The van der Waals surface area contributed by atoms with Gasteiger partial charge in [0.1, 0.15) is 36.1 Å². The molecular formula is C37H48N10O8. The Morgan fingerprint density at radius 2 is 1.40 bits per heavy atom. The Balaban J connectivity index is 1.76. The van der Waals surface area contributed by atoms with Crippen LogP contribution in [0.3, 0.4) is 0 Å². The molecule has 18 nitrogen and oxygen atoms in total. The quantitative estimate of drug-likeness (QED) is 0.0654. The summed E-state index contributed by atoms with van der Waals surface area (Å²) < 4.78 is 44.0. The second-order valence-corrected chi connectivity index (χ2v) is 13.7. The van der Waals surface area contributed by atoms with E-state index in [1.165, 1.54) is 12.2 Å². The molecule has 2 aromatic carbocycles. The lowest BCUT2D eigenvalue weighted by molar-refractivity contribution is -0.303. The van der Waals surface area contributed by atoms with Gasteiger partial charge in [-0.2, -0.15) is 0 Å². The number of hydrogen-bond acceptors (Lipinski definition) is 11. The average molecular weight is 761 g/mol. The van der Waals surface area contributed by atoms with Crippen molar-refractivity contribution < 1.29 is 38.0 Å². The third-order valence-electron chi connectivity index (χ3n) is 8.62. The summed E-state index contributed by atoms with van der Waals surface area (Å²) in [4.78, 5) is 22.2. The predicted octanol–water partition coefficient (Wildman–Crippen LogP) is 7.37. The molecular weight excluding hydrogens is 712 g/mol. The number of nitrogens with one attached hydrogen (secondary N) is 1. The molecule has 1 aliphatic heterocycles. The van der Waals surface area contributed by atoms with Crippen LogP contribution in [-0.4, -0.2) is 92.5 Å². The summed E-state index contributed by atoms with van der Waals surface area (Å²) >= 11 is 0. The van der Waals surface area contributed by atoms with Crippen LogP contribution in [0.15, 0.2) is 101 Å². The van der Waals surface area contributed by atoms with Crippen molar-refractivity contribution in [1.82, 2.24) is 5.32 Å². The zero-order valence-electron chi connectivity index (χ0n) is 31.1.